The average Bonchev–Trinajstić information content (AvgIpc) is 2.85. The van der Waals surface area contributed by atoms with Crippen molar-refractivity contribution in [1.82, 2.24) is 9.78 Å². The van der Waals surface area contributed by atoms with Gasteiger partial charge in [-0.1, -0.05) is 45.0 Å². The van der Waals surface area contributed by atoms with Gasteiger partial charge in [-0.2, -0.15) is 5.10 Å². The average molecular weight is 272 g/mol. The highest BCUT2D eigenvalue weighted by Gasteiger charge is 2.21. The van der Waals surface area contributed by atoms with Gasteiger partial charge in [0.05, 0.1) is 12.3 Å². The van der Waals surface area contributed by atoms with Crippen LogP contribution >= 0.6 is 0 Å². The third-order valence-corrected chi connectivity index (χ3v) is 3.57. The smallest absolute Gasteiger partial charge is 0.0834 e. The molecule has 0 aliphatic rings. The predicted octanol–water partition coefficient (Wildman–Crippen LogP) is 3.48. The normalized spacial score (nSPS) is 13.4. The van der Waals surface area contributed by atoms with Gasteiger partial charge in [0.1, 0.15) is 0 Å². The van der Waals surface area contributed by atoms with E-state index in [1.54, 1.807) is 0 Å². The minimum absolute atomic E-state index is 0.0329. The van der Waals surface area contributed by atoms with Crippen molar-refractivity contribution < 1.29 is 5.11 Å². The van der Waals surface area contributed by atoms with Gasteiger partial charge in [-0.3, -0.25) is 4.68 Å². The summed E-state index contributed by atoms with van der Waals surface area (Å²) in [6.45, 7) is 9.44. The summed E-state index contributed by atoms with van der Waals surface area (Å²) in [6, 6.07) is 8.15. The van der Waals surface area contributed by atoms with E-state index in [-0.39, 0.29) is 5.41 Å². The van der Waals surface area contributed by atoms with Gasteiger partial charge in [0, 0.05) is 19.2 Å². The standard InChI is InChI=1S/C17H24N2O/c1-5-19-12-13(11-18-19)10-16(20)14-8-6-7-9-15(14)17(2,3)4/h6-9,11-12,16,20H,5,10H2,1-4H3. The van der Waals surface area contributed by atoms with Crippen LogP contribution in [0.15, 0.2) is 36.7 Å². The van der Waals surface area contributed by atoms with Crippen molar-refractivity contribution in [3.05, 3.63) is 53.3 Å². The molecule has 2 rings (SSSR count). The number of rotatable bonds is 4. The summed E-state index contributed by atoms with van der Waals surface area (Å²) >= 11 is 0. The molecular weight excluding hydrogens is 248 g/mol. The first-order valence-electron chi connectivity index (χ1n) is 7.20. The van der Waals surface area contributed by atoms with Crippen LogP contribution in [0, 0.1) is 0 Å². The van der Waals surface area contributed by atoms with E-state index in [0.29, 0.717) is 6.42 Å². The zero-order valence-corrected chi connectivity index (χ0v) is 12.8. The first-order valence-corrected chi connectivity index (χ1v) is 7.20. The molecular formula is C17H24N2O. The van der Waals surface area contributed by atoms with Crippen molar-refractivity contribution >= 4 is 0 Å². The molecule has 1 aromatic heterocycles. The van der Waals surface area contributed by atoms with Crippen LogP contribution in [0.1, 0.15) is 50.5 Å². The van der Waals surface area contributed by atoms with Gasteiger partial charge in [-0.05, 0) is 29.0 Å². The van der Waals surface area contributed by atoms with Gasteiger partial charge >= 0.3 is 0 Å². The molecule has 3 heteroatoms. The molecule has 0 spiro atoms. The Balaban J connectivity index is 2.23. The van der Waals surface area contributed by atoms with E-state index in [9.17, 15) is 5.11 Å². The third-order valence-electron chi connectivity index (χ3n) is 3.57. The molecule has 1 atom stereocenters. The molecule has 0 fully saturated rings. The number of benzene rings is 1. The van der Waals surface area contributed by atoms with Crippen molar-refractivity contribution in [1.29, 1.82) is 0 Å². The maximum Gasteiger partial charge on any atom is 0.0834 e. The maximum atomic E-state index is 10.6. The molecule has 1 unspecified atom stereocenters. The number of aromatic nitrogens is 2. The van der Waals surface area contributed by atoms with Gasteiger partial charge in [-0.15, -0.1) is 0 Å². The minimum atomic E-state index is -0.486. The fourth-order valence-electron chi connectivity index (χ4n) is 2.49. The van der Waals surface area contributed by atoms with Crippen LogP contribution in [0.3, 0.4) is 0 Å². The van der Waals surface area contributed by atoms with Crippen LogP contribution in [0.2, 0.25) is 0 Å². The topological polar surface area (TPSA) is 38.0 Å². The van der Waals surface area contributed by atoms with E-state index in [4.69, 9.17) is 0 Å². The molecule has 3 nitrogen and oxygen atoms in total. The summed E-state index contributed by atoms with van der Waals surface area (Å²) in [5.41, 5.74) is 3.33. The number of aliphatic hydroxyl groups is 1. The van der Waals surface area contributed by atoms with E-state index in [1.807, 2.05) is 35.3 Å². The van der Waals surface area contributed by atoms with Crippen molar-refractivity contribution in [2.45, 2.75) is 52.2 Å². The van der Waals surface area contributed by atoms with E-state index in [2.05, 4.69) is 38.9 Å². The summed E-state index contributed by atoms with van der Waals surface area (Å²) in [5.74, 6) is 0. The molecule has 0 saturated carbocycles. The van der Waals surface area contributed by atoms with Gasteiger partial charge < -0.3 is 5.11 Å². The van der Waals surface area contributed by atoms with Gasteiger partial charge in [0.2, 0.25) is 0 Å². The Morgan fingerprint density at radius 3 is 2.55 bits per heavy atom. The molecule has 0 aliphatic heterocycles. The molecule has 0 aliphatic carbocycles. The number of nitrogens with zero attached hydrogens (tertiary/aromatic N) is 2. The molecule has 1 N–H and O–H groups in total. The van der Waals surface area contributed by atoms with Crippen LogP contribution in [0.4, 0.5) is 0 Å². The van der Waals surface area contributed by atoms with Crippen molar-refractivity contribution in [3.63, 3.8) is 0 Å². The Morgan fingerprint density at radius 2 is 1.95 bits per heavy atom. The summed E-state index contributed by atoms with van der Waals surface area (Å²) in [4.78, 5) is 0. The second-order valence-corrected chi connectivity index (χ2v) is 6.26. The molecule has 1 heterocycles. The highest BCUT2D eigenvalue weighted by molar-refractivity contribution is 5.35. The number of hydrogen-bond acceptors (Lipinski definition) is 2. The lowest BCUT2D eigenvalue weighted by molar-refractivity contribution is 0.176. The van der Waals surface area contributed by atoms with Crippen LogP contribution in [0.5, 0.6) is 0 Å². The molecule has 1 aromatic carbocycles. The van der Waals surface area contributed by atoms with Crippen LogP contribution in [-0.4, -0.2) is 14.9 Å². The van der Waals surface area contributed by atoms with Gasteiger partial charge in [0.15, 0.2) is 0 Å². The highest BCUT2D eigenvalue weighted by Crippen LogP contribution is 2.30. The quantitative estimate of drug-likeness (QED) is 0.925. The lowest BCUT2D eigenvalue weighted by Crippen LogP contribution is -2.16. The van der Waals surface area contributed by atoms with E-state index < -0.39 is 6.10 Å². The minimum Gasteiger partial charge on any atom is -0.388 e. The Labute approximate surface area is 121 Å². The lowest BCUT2D eigenvalue weighted by Gasteiger charge is -2.25. The van der Waals surface area contributed by atoms with E-state index >= 15 is 0 Å². The lowest BCUT2D eigenvalue weighted by atomic mass is 9.81. The van der Waals surface area contributed by atoms with Crippen LogP contribution in [0.25, 0.3) is 0 Å². The third kappa shape index (κ3) is 3.28. The zero-order chi connectivity index (χ0) is 14.8. The van der Waals surface area contributed by atoms with Crippen molar-refractivity contribution in [2.24, 2.45) is 0 Å². The molecule has 0 bridgehead atoms. The number of aryl methyl sites for hydroxylation is 1. The second kappa shape index (κ2) is 5.80. The zero-order valence-electron chi connectivity index (χ0n) is 12.8. The monoisotopic (exact) mass is 272 g/mol. The van der Waals surface area contributed by atoms with Crippen LogP contribution in [-0.2, 0) is 18.4 Å². The molecule has 0 amide bonds. The second-order valence-electron chi connectivity index (χ2n) is 6.26. The Hall–Kier alpha value is -1.61. The predicted molar refractivity (Wildman–Crippen MR) is 81.7 cm³/mol. The van der Waals surface area contributed by atoms with E-state index in [0.717, 1.165) is 17.7 Å². The summed E-state index contributed by atoms with van der Waals surface area (Å²) in [7, 11) is 0. The fraction of sp³-hybridized carbons (Fsp3) is 0.471. The highest BCUT2D eigenvalue weighted by atomic mass is 16.3. The molecule has 0 saturated heterocycles. The molecule has 2 aromatic rings. The van der Waals surface area contributed by atoms with Gasteiger partial charge in [-0.25, -0.2) is 0 Å². The van der Waals surface area contributed by atoms with Crippen molar-refractivity contribution in [3.8, 4) is 0 Å². The SMILES string of the molecule is CCn1cc(CC(O)c2ccccc2C(C)(C)C)cn1. The first kappa shape index (κ1) is 14.8. The maximum absolute atomic E-state index is 10.6. The summed E-state index contributed by atoms with van der Waals surface area (Å²) < 4.78 is 1.89. The Morgan fingerprint density at radius 1 is 1.25 bits per heavy atom. The number of aliphatic hydroxyl groups excluding tert-OH is 1. The Kier molecular flexibility index (Phi) is 4.29. The largest absolute Gasteiger partial charge is 0.388 e. The molecule has 0 radical (unpaired) electrons. The number of hydrogen-bond donors (Lipinski definition) is 1. The molecule has 20 heavy (non-hydrogen) atoms. The van der Waals surface area contributed by atoms with Crippen molar-refractivity contribution in [2.75, 3.05) is 0 Å². The molecule has 108 valence electrons. The fourth-order valence-corrected chi connectivity index (χ4v) is 2.49. The first-order chi connectivity index (χ1) is 9.41. The van der Waals surface area contributed by atoms with Gasteiger partial charge in [0.25, 0.3) is 0 Å². The summed E-state index contributed by atoms with van der Waals surface area (Å²) in [6.07, 6.45) is 3.96. The summed E-state index contributed by atoms with van der Waals surface area (Å²) in [5, 5.41) is 14.8. The van der Waals surface area contributed by atoms with Crippen LogP contribution < -0.4 is 0 Å². The van der Waals surface area contributed by atoms with E-state index in [1.165, 1.54) is 5.56 Å². The Bertz CT molecular complexity index is 566.